The van der Waals surface area contributed by atoms with Crippen molar-refractivity contribution in [3.8, 4) is 0 Å². The first-order valence-electron chi connectivity index (χ1n) is 42.6. The molecule has 6 aliphatic rings. The summed E-state index contributed by atoms with van der Waals surface area (Å²) in [5, 5.41) is 23.1. The number of amides is 6. The number of nitrogens with one attached hydrogen (secondary N) is 7. The minimum absolute atomic E-state index is 0.0121. The Hall–Kier alpha value is -5.73. The Morgan fingerprint density at radius 2 is 0.917 bits per heavy atom. The number of urea groups is 1. The molecule has 19 nitrogen and oxygen atoms in total. The number of aromatic nitrogens is 5. The first-order valence-corrected chi connectivity index (χ1v) is 43.5. The highest BCUT2D eigenvalue weighted by Crippen LogP contribution is 2.34. The smallest absolute Gasteiger partial charge is 0.315 e. The molecule has 4 aromatic heterocycles. The van der Waals surface area contributed by atoms with Gasteiger partial charge in [-0.3, -0.25) is 24.2 Å². The average molecular weight is 1530 g/mol. The molecule has 0 aromatic carbocycles. The van der Waals surface area contributed by atoms with Crippen molar-refractivity contribution in [2.24, 2.45) is 54.4 Å². The molecule has 20 heteroatoms. The fourth-order valence-electron chi connectivity index (χ4n) is 15.9. The molecule has 0 saturated heterocycles. The zero-order valence-electron chi connectivity index (χ0n) is 72.4. The number of thiazole rings is 1. The summed E-state index contributed by atoms with van der Waals surface area (Å²) in [6.45, 7) is 47.6. The summed E-state index contributed by atoms with van der Waals surface area (Å²) in [4.78, 5) is 78.0. The molecular weight excluding hydrogens is 1370 g/mol. The normalized spacial score (nSPS) is 17.8. The lowest BCUT2D eigenvalue weighted by Gasteiger charge is -2.33. The van der Waals surface area contributed by atoms with Crippen molar-refractivity contribution in [3.05, 3.63) is 81.2 Å². The van der Waals surface area contributed by atoms with E-state index in [2.05, 4.69) is 147 Å². The third-order valence-electron chi connectivity index (χ3n) is 21.0. The van der Waals surface area contributed by atoms with Crippen LogP contribution in [0.3, 0.4) is 0 Å². The van der Waals surface area contributed by atoms with Gasteiger partial charge in [-0.2, -0.15) is 0 Å². The van der Waals surface area contributed by atoms with E-state index >= 15 is 0 Å². The van der Waals surface area contributed by atoms with Crippen molar-refractivity contribution in [3.63, 3.8) is 0 Å². The third-order valence-corrected chi connectivity index (χ3v) is 22.1. The van der Waals surface area contributed by atoms with Gasteiger partial charge in [-0.05, 0) is 206 Å². The number of carbonyl (C=O) groups excluding carboxylic acids is 5. The number of nitrogens with zero attached hydrogens (tertiary/aromatic N) is 5. The van der Waals surface area contributed by atoms with Gasteiger partial charge in [0.25, 0.3) is 23.6 Å². The van der Waals surface area contributed by atoms with Gasteiger partial charge in [-0.25, -0.2) is 19.7 Å². The summed E-state index contributed by atoms with van der Waals surface area (Å²) in [6, 6.07) is 7.06. The largest absolute Gasteiger partial charge is 0.436 e. The Morgan fingerprint density at radius 3 is 1.22 bits per heavy atom. The van der Waals surface area contributed by atoms with Crippen molar-refractivity contribution >= 4 is 41.0 Å². The molecule has 6 amide bonds. The molecule has 616 valence electrons. The first-order chi connectivity index (χ1) is 51.1. The van der Waals surface area contributed by atoms with Crippen LogP contribution in [0.1, 0.15) is 368 Å². The van der Waals surface area contributed by atoms with E-state index in [-0.39, 0.29) is 53.4 Å². The van der Waals surface area contributed by atoms with Crippen molar-refractivity contribution in [2.75, 3.05) is 0 Å². The summed E-state index contributed by atoms with van der Waals surface area (Å²) in [7, 11) is 1.92. The Labute approximate surface area is 660 Å². The van der Waals surface area contributed by atoms with Gasteiger partial charge in [0.1, 0.15) is 16.3 Å². The zero-order chi connectivity index (χ0) is 80.6. The van der Waals surface area contributed by atoms with E-state index in [9.17, 15) is 24.0 Å². The summed E-state index contributed by atoms with van der Waals surface area (Å²) in [6.07, 6.45) is 41.5. The van der Waals surface area contributed by atoms with Gasteiger partial charge in [0, 0.05) is 80.9 Å². The lowest BCUT2D eigenvalue weighted by atomic mass is 9.79. The standard InChI is InChI=1S/C16H26N2O2.C16H26N2OS.C16H26N2O.C15H23N3O.C10H20N2O.C7H16O.C6H13N.C2H6/c2*1-10(2)14(13-8-6-5-7-9-13)18-16(19)15-11(3)17-12(4)20-15;1-12(2)15(13-8-5-4-6-9-13)17-16(19)14-10-7-11-18(14)3;1-11(2)14(12-6-4-3-5-7-12)18-15(19)13-10-16-8-9-17-13;1-8(2)11-10(13)12-9-6-4-3-5-7-9;1-6(2)8-7(3,4)5;1-5(2)7-6-3-4-6;1-2/h2*10,13-14H,5-9H2,1-4H3,(H,18,19);7,10-13,15H,4-6,8-9H2,1-3H3,(H,17,19);8-12,14H,3-7H2,1-2H3,(H,18,19);8-9H,3-7H2,1-2H3,(H2,11,12,13);6H,1-5H3;5-7H,3-4H2,1-2H3;1-2H3. The van der Waals surface area contributed by atoms with Gasteiger partial charge in [0.05, 0.1) is 34.3 Å². The van der Waals surface area contributed by atoms with Gasteiger partial charge >= 0.3 is 6.03 Å². The molecule has 10 rings (SSSR count). The van der Waals surface area contributed by atoms with Gasteiger partial charge in [-0.15, -0.1) is 11.3 Å². The summed E-state index contributed by atoms with van der Waals surface area (Å²) < 4.78 is 12.7. The highest BCUT2D eigenvalue weighted by Gasteiger charge is 2.33. The Morgan fingerprint density at radius 1 is 0.500 bits per heavy atom. The van der Waals surface area contributed by atoms with Gasteiger partial charge in [0.15, 0.2) is 5.89 Å². The maximum absolute atomic E-state index is 12.5. The van der Waals surface area contributed by atoms with E-state index < -0.39 is 0 Å². The quantitative estimate of drug-likeness (QED) is 0.0412. The molecule has 4 unspecified atom stereocenters. The second kappa shape index (κ2) is 51.7. The lowest BCUT2D eigenvalue weighted by molar-refractivity contribution is -0.0425. The lowest BCUT2D eigenvalue weighted by Crippen LogP contribution is -2.45. The van der Waals surface area contributed by atoms with Gasteiger partial charge in [-0.1, -0.05) is 179 Å². The molecule has 0 spiro atoms. The molecule has 6 fully saturated rings. The van der Waals surface area contributed by atoms with Crippen molar-refractivity contribution < 1.29 is 33.1 Å². The van der Waals surface area contributed by atoms with Crippen LogP contribution in [-0.4, -0.2) is 114 Å². The summed E-state index contributed by atoms with van der Waals surface area (Å²) >= 11 is 1.50. The number of oxazole rings is 1. The molecule has 4 atom stereocenters. The molecule has 6 aliphatic carbocycles. The van der Waals surface area contributed by atoms with Crippen LogP contribution < -0.4 is 37.2 Å². The molecule has 0 bridgehead atoms. The highest BCUT2D eigenvalue weighted by atomic mass is 32.1. The van der Waals surface area contributed by atoms with E-state index in [1.165, 1.54) is 178 Å². The van der Waals surface area contributed by atoms with E-state index in [4.69, 9.17) is 9.15 Å². The minimum atomic E-state index is -0.118. The van der Waals surface area contributed by atoms with Crippen LogP contribution in [0.5, 0.6) is 0 Å². The maximum atomic E-state index is 12.5. The predicted octanol–water partition coefficient (Wildman–Crippen LogP) is 20.3. The zero-order valence-corrected chi connectivity index (χ0v) is 73.2. The highest BCUT2D eigenvalue weighted by molar-refractivity contribution is 7.13. The number of hydrogen-bond donors (Lipinski definition) is 7. The monoisotopic (exact) mass is 1530 g/mol. The van der Waals surface area contributed by atoms with E-state index in [0.29, 0.717) is 101 Å². The third kappa shape index (κ3) is 38.5. The Kier molecular flexibility index (Phi) is 46.2. The molecule has 4 heterocycles. The minimum Gasteiger partial charge on any atom is -0.436 e. The maximum Gasteiger partial charge on any atom is 0.315 e. The summed E-state index contributed by atoms with van der Waals surface area (Å²) in [5.41, 5.74) is 2.71. The van der Waals surface area contributed by atoms with Gasteiger partial charge < -0.3 is 50.9 Å². The fourth-order valence-corrected chi connectivity index (χ4v) is 16.8. The Bertz CT molecular complexity index is 2990. The summed E-state index contributed by atoms with van der Waals surface area (Å²) in [5.74, 6) is 5.18. The molecule has 108 heavy (non-hydrogen) atoms. The van der Waals surface area contributed by atoms with Gasteiger partial charge in [0.2, 0.25) is 5.76 Å². The van der Waals surface area contributed by atoms with Crippen LogP contribution in [0, 0.1) is 75.0 Å². The number of rotatable bonds is 21. The van der Waals surface area contributed by atoms with Crippen LogP contribution in [0.4, 0.5) is 4.79 Å². The number of ether oxygens (including phenoxy) is 1. The SMILES string of the molecule is CC.CC(C)C(NC(=O)c1cccn1C)C1CCCCC1.CC(C)C(NC(=O)c1cnccn1)C1CCCCC1.CC(C)NC(=O)NC1CCCCC1.CC(C)NC1CC1.CC(C)OC(C)(C)C.Cc1nc(C)c(C(=O)NC(C(C)C)C2CCCCC2)o1.Cc1nc(C)c(C(=O)NC(C(C)C)C2CCCCC2)s1. The van der Waals surface area contributed by atoms with Crippen molar-refractivity contribution in [2.45, 2.75) is 393 Å². The van der Waals surface area contributed by atoms with Crippen LogP contribution >= 0.6 is 11.3 Å². The topological polar surface area (TPSA) is 248 Å². The molecule has 7 N–H and O–H groups in total. The van der Waals surface area contributed by atoms with Crippen LogP contribution in [0.2, 0.25) is 0 Å². The fraction of sp³-hybridized carbons (Fsp3) is 0.784. The molecule has 0 aliphatic heterocycles. The molecule has 6 saturated carbocycles. The van der Waals surface area contributed by atoms with Crippen molar-refractivity contribution in [1.82, 2.24) is 61.7 Å². The van der Waals surface area contributed by atoms with Crippen LogP contribution in [0.15, 0.2) is 41.3 Å². The number of aryl methyl sites for hydroxylation is 5. The van der Waals surface area contributed by atoms with E-state index in [1.54, 1.807) is 19.3 Å². The van der Waals surface area contributed by atoms with Crippen molar-refractivity contribution in [1.29, 1.82) is 0 Å². The second-order valence-corrected chi connectivity index (χ2v) is 35.6. The molecule has 4 aromatic rings. The number of carbonyl (C=O) groups is 5. The number of hydrogen-bond acceptors (Lipinski definition) is 13. The van der Waals surface area contributed by atoms with E-state index in [0.717, 1.165) is 40.2 Å². The molecular formula is C88H156N12O7S. The second-order valence-electron chi connectivity index (χ2n) is 34.4. The van der Waals surface area contributed by atoms with Crippen LogP contribution in [0.25, 0.3) is 0 Å². The Balaban J connectivity index is 0.000000333. The predicted molar refractivity (Wildman–Crippen MR) is 448 cm³/mol. The van der Waals surface area contributed by atoms with Crippen LogP contribution in [-0.2, 0) is 11.8 Å². The molecule has 0 radical (unpaired) electrons. The first kappa shape index (κ1) is 96.5. The average Bonchev–Trinajstić information content (AvgIpc) is 1.61. The van der Waals surface area contributed by atoms with E-state index in [1.807, 2.05) is 92.3 Å².